The molecule has 1 saturated carbocycles. The minimum atomic E-state index is -0.672. The third-order valence-corrected chi connectivity index (χ3v) is 5.12. The Morgan fingerprint density at radius 1 is 1.23 bits per heavy atom. The molecule has 2 aliphatic rings. The third kappa shape index (κ3) is 3.22. The normalized spacial score (nSPS) is 23.2. The molecule has 1 fully saturated rings. The van der Waals surface area contributed by atoms with E-state index in [1.54, 1.807) is 29.8 Å². The van der Waals surface area contributed by atoms with Crippen molar-refractivity contribution in [2.24, 2.45) is 17.8 Å². The molecule has 0 radical (unpaired) electrons. The Morgan fingerprint density at radius 2 is 2.12 bits per heavy atom. The number of rotatable bonds is 4. The minimum absolute atomic E-state index is 0.438. The van der Waals surface area contributed by atoms with Crippen LogP contribution in [-0.2, 0) is 9.59 Å². The van der Waals surface area contributed by atoms with Crippen LogP contribution in [0.2, 0.25) is 0 Å². The first-order valence-corrected chi connectivity index (χ1v) is 8.73. The fourth-order valence-corrected chi connectivity index (χ4v) is 3.81. The first-order valence-electron chi connectivity index (χ1n) is 8.73. The fourth-order valence-electron chi connectivity index (χ4n) is 3.81. The monoisotopic (exact) mass is 352 g/mol. The van der Waals surface area contributed by atoms with Crippen molar-refractivity contribution < 1.29 is 9.59 Å². The summed E-state index contributed by atoms with van der Waals surface area (Å²) in [5.74, 6) is 0.974. The largest absolute Gasteiger partial charge is 0.348 e. The van der Waals surface area contributed by atoms with E-state index in [9.17, 15) is 9.59 Å². The number of aromatic nitrogens is 4. The second-order valence-electron chi connectivity index (χ2n) is 6.89. The smallest absolute Gasteiger partial charge is 0.313 e. The van der Waals surface area contributed by atoms with Gasteiger partial charge in [0.05, 0.1) is 5.69 Å². The van der Waals surface area contributed by atoms with Crippen molar-refractivity contribution in [2.75, 3.05) is 11.9 Å². The van der Waals surface area contributed by atoms with E-state index in [-0.39, 0.29) is 0 Å². The van der Waals surface area contributed by atoms with Gasteiger partial charge < -0.3 is 10.6 Å². The van der Waals surface area contributed by atoms with Gasteiger partial charge in [0.15, 0.2) is 5.82 Å². The lowest BCUT2D eigenvalue weighted by atomic mass is 9.94. The van der Waals surface area contributed by atoms with Gasteiger partial charge >= 0.3 is 11.8 Å². The molecular formula is C18H20N6O2. The van der Waals surface area contributed by atoms with Crippen molar-refractivity contribution >= 4 is 17.5 Å². The molecule has 134 valence electrons. The van der Waals surface area contributed by atoms with E-state index in [2.05, 4.69) is 38.3 Å². The zero-order valence-corrected chi connectivity index (χ0v) is 14.4. The molecule has 8 nitrogen and oxygen atoms in total. The molecule has 26 heavy (non-hydrogen) atoms. The molecule has 2 amide bonds. The molecule has 2 aliphatic carbocycles. The second kappa shape index (κ2) is 6.70. The standard InChI is InChI=1S/C18H20N6O2/c1-11-21-22-23-24(11)16-4-2-3-15(9-16)20-18(26)17(25)19-10-14-8-12-5-6-13(14)7-12/h2-6,9,12-14H,7-8,10H2,1H3,(H,19,25)(H,20,26)/t12-,13-,14-/m0/s1. The summed E-state index contributed by atoms with van der Waals surface area (Å²) in [6, 6.07) is 7.03. The van der Waals surface area contributed by atoms with Gasteiger partial charge in [-0.05, 0) is 66.1 Å². The Morgan fingerprint density at radius 3 is 2.81 bits per heavy atom. The van der Waals surface area contributed by atoms with E-state index < -0.39 is 11.8 Å². The molecule has 3 atom stereocenters. The lowest BCUT2D eigenvalue weighted by Gasteiger charge is -2.18. The zero-order valence-electron chi connectivity index (χ0n) is 14.4. The average molecular weight is 352 g/mol. The van der Waals surface area contributed by atoms with Crippen LogP contribution in [0.25, 0.3) is 5.69 Å². The third-order valence-electron chi connectivity index (χ3n) is 5.12. The number of benzene rings is 1. The molecule has 2 aromatic rings. The molecule has 1 aromatic heterocycles. The molecule has 8 heteroatoms. The Hall–Kier alpha value is -3.03. The van der Waals surface area contributed by atoms with Gasteiger partial charge in [0.25, 0.3) is 0 Å². The maximum absolute atomic E-state index is 12.2. The first kappa shape index (κ1) is 16.4. The lowest BCUT2D eigenvalue weighted by Crippen LogP contribution is -2.38. The van der Waals surface area contributed by atoms with Crippen LogP contribution in [-0.4, -0.2) is 38.6 Å². The Kier molecular flexibility index (Phi) is 4.24. The van der Waals surface area contributed by atoms with Crippen LogP contribution < -0.4 is 10.6 Å². The lowest BCUT2D eigenvalue weighted by molar-refractivity contribution is -0.136. The second-order valence-corrected chi connectivity index (χ2v) is 6.89. The summed E-state index contributed by atoms with van der Waals surface area (Å²) >= 11 is 0. The van der Waals surface area contributed by atoms with E-state index in [1.165, 1.54) is 6.42 Å². The summed E-state index contributed by atoms with van der Waals surface area (Å²) in [4.78, 5) is 24.3. The molecular weight excluding hydrogens is 332 g/mol. The minimum Gasteiger partial charge on any atom is -0.348 e. The number of hydrogen-bond donors (Lipinski definition) is 2. The quantitative estimate of drug-likeness (QED) is 0.637. The zero-order chi connectivity index (χ0) is 18.1. The molecule has 0 unspecified atom stereocenters. The van der Waals surface area contributed by atoms with Crippen LogP contribution >= 0.6 is 0 Å². The highest BCUT2D eigenvalue weighted by atomic mass is 16.2. The average Bonchev–Trinajstić information content (AvgIpc) is 3.36. The van der Waals surface area contributed by atoms with Gasteiger partial charge in [-0.3, -0.25) is 9.59 Å². The fraction of sp³-hybridized carbons (Fsp3) is 0.389. The highest BCUT2D eigenvalue weighted by molar-refractivity contribution is 6.39. The van der Waals surface area contributed by atoms with Gasteiger partial charge in [0.1, 0.15) is 0 Å². The number of carbonyl (C=O) groups excluding carboxylic acids is 2. The molecule has 0 saturated heterocycles. The van der Waals surface area contributed by atoms with Gasteiger partial charge in [-0.25, -0.2) is 0 Å². The van der Waals surface area contributed by atoms with Gasteiger partial charge in [0.2, 0.25) is 0 Å². The highest BCUT2D eigenvalue weighted by Gasteiger charge is 2.35. The molecule has 1 aromatic carbocycles. The van der Waals surface area contributed by atoms with Crippen molar-refractivity contribution in [3.63, 3.8) is 0 Å². The number of amides is 2. The van der Waals surface area contributed by atoms with Crippen LogP contribution in [0.5, 0.6) is 0 Å². The SMILES string of the molecule is Cc1nnnn1-c1cccc(NC(=O)C(=O)NC[C@@H]2C[C@H]3C=C[C@H]2C3)c1. The van der Waals surface area contributed by atoms with Crippen LogP contribution in [0.1, 0.15) is 18.7 Å². The highest BCUT2D eigenvalue weighted by Crippen LogP contribution is 2.42. The summed E-state index contributed by atoms with van der Waals surface area (Å²) < 4.78 is 1.55. The number of tetrazole rings is 1. The van der Waals surface area contributed by atoms with Crippen molar-refractivity contribution in [3.8, 4) is 5.69 Å². The van der Waals surface area contributed by atoms with Gasteiger partial charge in [0, 0.05) is 12.2 Å². The van der Waals surface area contributed by atoms with E-state index in [1.807, 2.05) is 6.07 Å². The van der Waals surface area contributed by atoms with Crippen molar-refractivity contribution in [2.45, 2.75) is 19.8 Å². The Bertz CT molecular complexity index is 874. The number of allylic oxidation sites excluding steroid dienone is 2. The van der Waals surface area contributed by atoms with E-state index >= 15 is 0 Å². The Balaban J connectivity index is 1.35. The van der Waals surface area contributed by atoms with Gasteiger partial charge in [-0.2, -0.15) is 4.68 Å². The van der Waals surface area contributed by atoms with E-state index in [0.29, 0.717) is 41.5 Å². The molecule has 2 N–H and O–H groups in total. The predicted molar refractivity (Wildman–Crippen MR) is 94.4 cm³/mol. The maximum Gasteiger partial charge on any atom is 0.313 e. The van der Waals surface area contributed by atoms with E-state index in [4.69, 9.17) is 0 Å². The summed E-state index contributed by atoms with van der Waals surface area (Å²) in [6.07, 6.45) is 6.76. The van der Waals surface area contributed by atoms with Crippen LogP contribution in [0.3, 0.4) is 0 Å². The molecule has 0 aliphatic heterocycles. The van der Waals surface area contributed by atoms with Crippen molar-refractivity contribution in [1.82, 2.24) is 25.5 Å². The van der Waals surface area contributed by atoms with Crippen molar-refractivity contribution in [1.29, 1.82) is 0 Å². The molecule has 1 heterocycles. The topological polar surface area (TPSA) is 102 Å². The number of aryl methyl sites for hydroxylation is 1. The molecule has 0 spiro atoms. The van der Waals surface area contributed by atoms with Crippen LogP contribution in [0, 0.1) is 24.7 Å². The number of anilines is 1. The molecule has 2 bridgehead atoms. The first-order chi connectivity index (χ1) is 12.6. The maximum atomic E-state index is 12.2. The number of nitrogens with one attached hydrogen (secondary N) is 2. The Labute approximate surface area is 150 Å². The van der Waals surface area contributed by atoms with Crippen LogP contribution in [0.4, 0.5) is 5.69 Å². The number of nitrogens with zero attached hydrogens (tertiary/aromatic N) is 4. The summed E-state index contributed by atoms with van der Waals surface area (Å²) in [6.45, 7) is 2.32. The summed E-state index contributed by atoms with van der Waals surface area (Å²) in [7, 11) is 0. The summed E-state index contributed by atoms with van der Waals surface area (Å²) in [5, 5.41) is 16.7. The predicted octanol–water partition coefficient (Wildman–Crippen LogP) is 1.24. The molecule has 4 rings (SSSR count). The summed E-state index contributed by atoms with van der Waals surface area (Å²) in [5.41, 5.74) is 1.22. The van der Waals surface area contributed by atoms with Gasteiger partial charge in [-0.1, -0.05) is 18.2 Å². The number of carbonyl (C=O) groups is 2. The van der Waals surface area contributed by atoms with Crippen LogP contribution in [0.15, 0.2) is 36.4 Å². The van der Waals surface area contributed by atoms with Gasteiger partial charge in [-0.15, -0.1) is 5.10 Å². The number of fused-ring (bicyclic) bond motifs is 2. The van der Waals surface area contributed by atoms with E-state index in [0.717, 1.165) is 6.42 Å². The number of hydrogen-bond acceptors (Lipinski definition) is 5. The van der Waals surface area contributed by atoms with Crippen molar-refractivity contribution in [3.05, 3.63) is 42.2 Å².